The van der Waals surface area contributed by atoms with Gasteiger partial charge in [0.1, 0.15) is 18.4 Å². The van der Waals surface area contributed by atoms with Crippen LogP contribution in [0.2, 0.25) is 0 Å². The number of nitrogens with zero attached hydrogens (tertiary/aromatic N) is 2. The zero-order valence-electron chi connectivity index (χ0n) is 18.6. The molecule has 0 saturated heterocycles. The molecule has 0 aromatic heterocycles. The minimum absolute atomic E-state index is 0.207. The van der Waals surface area contributed by atoms with Gasteiger partial charge < -0.3 is 10.2 Å². The molecular weight excluding hydrogens is 433 g/mol. The average Bonchev–Trinajstić information content (AvgIpc) is 2.76. The zero-order valence-corrected chi connectivity index (χ0v) is 19.4. The summed E-state index contributed by atoms with van der Waals surface area (Å²) < 4.78 is 39.8. The van der Waals surface area contributed by atoms with Gasteiger partial charge in [-0.25, -0.2) is 12.8 Å². The van der Waals surface area contributed by atoms with Gasteiger partial charge in [0.2, 0.25) is 21.8 Å². The predicted octanol–water partition coefficient (Wildman–Crippen LogP) is 2.58. The lowest BCUT2D eigenvalue weighted by Crippen LogP contribution is -2.52. The maximum atomic E-state index is 14.3. The summed E-state index contributed by atoms with van der Waals surface area (Å²) >= 11 is 0. The second-order valence-electron chi connectivity index (χ2n) is 7.51. The van der Waals surface area contributed by atoms with Crippen molar-refractivity contribution in [2.75, 3.05) is 30.2 Å². The summed E-state index contributed by atoms with van der Waals surface area (Å²) in [6.45, 7) is 3.58. The topological polar surface area (TPSA) is 86.8 Å². The van der Waals surface area contributed by atoms with Crippen molar-refractivity contribution in [2.45, 2.75) is 32.7 Å². The Morgan fingerprint density at radius 2 is 1.69 bits per heavy atom. The molecule has 2 rings (SSSR count). The summed E-state index contributed by atoms with van der Waals surface area (Å²) in [6.07, 6.45) is 2.14. The van der Waals surface area contributed by atoms with E-state index in [0.717, 1.165) is 28.6 Å². The molecule has 1 atom stereocenters. The molecule has 1 N–H and O–H groups in total. The van der Waals surface area contributed by atoms with E-state index in [1.807, 2.05) is 37.3 Å². The number of rotatable bonds is 11. The molecule has 0 radical (unpaired) electrons. The van der Waals surface area contributed by atoms with E-state index in [2.05, 4.69) is 5.32 Å². The molecule has 2 aromatic carbocycles. The van der Waals surface area contributed by atoms with Crippen LogP contribution in [0.5, 0.6) is 0 Å². The average molecular weight is 464 g/mol. The van der Waals surface area contributed by atoms with Gasteiger partial charge in [0, 0.05) is 13.1 Å². The van der Waals surface area contributed by atoms with Crippen molar-refractivity contribution < 1.29 is 22.4 Å². The Morgan fingerprint density at radius 3 is 2.28 bits per heavy atom. The largest absolute Gasteiger partial charge is 0.354 e. The second kappa shape index (κ2) is 11.6. The predicted molar refractivity (Wildman–Crippen MR) is 123 cm³/mol. The molecule has 0 heterocycles. The van der Waals surface area contributed by atoms with Crippen molar-refractivity contribution in [3.8, 4) is 0 Å². The number of benzene rings is 2. The van der Waals surface area contributed by atoms with E-state index in [9.17, 15) is 22.4 Å². The summed E-state index contributed by atoms with van der Waals surface area (Å²) in [5.41, 5.74) is 0.759. The molecular formula is C23H30FN3O4S. The molecule has 0 aliphatic heterocycles. The Balaban J connectivity index is 2.29. The summed E-state index contributed by atoms with van der Waals surface area (Å²) in [5.74, 6) is -1.67. The molecule has 0 unspecified atom stereocenters. The number of carbonyl (C=O) groups excluding carboxylic acids is 2. The fourth-order valence-corrected chi connectivity index (χ4v) is 4.07. The molecule has 2 aromatic rings. The van der Waals surface area contributed by atoms with Crippen LogP contribution in [0, 0.1) is 5.82 Å². The summed E-state index contributed by atoms with van der Waals surface area (Å²) in [7, 11) is -3.95. The van der Waals surface area contributed by atoms with Gasteiger partial charge in [-0.15, -0.1) is 0 Å². The van der Waals surface area contributed by atoms with Gasteiger partial charge in [0.25, 0.3) is 0 Å². The summed E-state index contributed by atoms with van der Waals surface area (Å²) in [5, 5.41) is 2.77. The van der Waals surface area contributed by atoms with Crippen LogP contribution in [0.3, 0.4) is 0 Å². The Labute approximate surface area is 189 Å². The van der Waals surface area contributed by atoms with E-state index in [0.29, 0.717) is 13.0 Å². The van der Waals surface area contributed by atoms with Gasteiger partial charge in [-0.3, -0.25) is 13.9 Å². The number of carbonyl (C=O) groups is 2. The second-order valence-corrected chi connectivity index (χ2v) is 9.42. The van der Waals surface area contributed by atoms with Gasteiger partial charge in [0.05, 0.1) is 11.9 Å². The first-order valence-electron chi connectivity index (χ1n) is 10.5. The van der Waals surface area contributed by atoms with Gasteiger partial charge in [-0.05, 0) is 37.5 Å². The fourth-order valence-electron chi connectivity index (χ4n) is 3.21. The molecule has 7 nitrogen and oxygen atoms in total. The highest BCUT2D eigenvalue weighted by Gasteiger charge is 2.30. The number of para-hydroxylation sites is 1. The first kappa shape index (κ1) is 25.3. The van der Waals surface area contributed by atoms with Crippen molar-refractivity contribution in [2.24, 2.45) is 0 Å². The third-order valence-electron chi connectivity index (χ3n) is 5.00. The van der Waals surface area contributed by atoms with Gasteiger partial charge in [0.15, 0.2) is 0 Å². The van der Waals surface area contributed by atoms with Crippen LogP contribution < -0.4 is 9.62 Å². The third-order valence-corrected chi connectivity index (χ3v) is 6.13. The fraction of sp³-hybridized carbons (Fsp3) is 0.391. The number of nitrogens with one attached hydrogen (secondary N) is 1. The molecule has 0 aliphatic carbocycles. The standard InChI is InChI=1S/C23H30FN3O4S/c1-4-15-25-23(29)18(2)26(16-14-19-10-6-5-7-11-19)22(28)17-27(32(3,30)31)21-13-9-8-12-20(21)24/h5-13,18H,4,14-17H2,1-3H3,(H,25,29)/t18-/m0/s1. The van der Waals surface area contributed by atoms with Crippen molar-refractivity contribution in [1.29, 1.82) is 0 Å². The molecule has 0 spiro atoms. The smallest absolute Gasteiger partial charge is 0.244 e. The number of hydrogen-bond donors (Lipinski definition) is 1. The van der Waals surface area contributed by atoms with E-state index < -0.39 is 34.3 Å². The molecule has 2 amide bonds. The minimum atomic E-state index is -3.95. The van der Waals surface area contributed by atoms with Gasteiger partial charge >= 0.3 is 0 Å². The molecule has 174 valence electrons. The zero-order chi connectivity index (χ0) is 23.7. The minimum Gasteiger partial charge on any atom is -0.354 e. The lowest BCUT2D eigenvalue weighted by Gasteiger charge is -2.31. The first-order valence-corrected chi connectivity index (χ1v) is 12.3. The first-order chi connectivity index (χ1) is 15.1. The molecule has 0 bridgehead atoms. The van der Waals surface area contributed by atoms with Crippen molar-refractivity contribution in [3.63, 3.8) is 0 Å². The lowest BCUT2D eigenvalue weighted by molar-refractivity contribution is -0.138. The monoisotopic (exact) mass is 463 g/mol. The molecule has 9 heteroatoms. The number of amides is 2. The molecule has 0 fully saturated rings. The normalized spacial score (nSPS) is 12.1. The van der Waals surface area contributed by atoms with E-state index in [-0.39, 0.29) is 18.1 Å². The highest BCUT2D eigenvalue weighted by atomic mass is 32.2. The molecule has 0 saturated carbocycles. The Morgan fingerprint density at radius 1 is 1.06 bits per heavy atom. The summed E-state index contributed by atoms with van der Waals surface area (Å²) in [6, 6.07) is 14.0. The lowest BCUT2D eigenvalue weighted by atomic mass is 10.1. The highest BCUT2D eigenvalue weighted by Crippen LogP contribution is 2.21. The Kier molecular flexibility index (Phi) is 9.19. The van der Waals surface area contributed by atoms with Crippen LogP contribution in [-0.4, -0.2) is 57.1 Å². The van der Waals surface area contributed by atoms with Crippen molar-refractivity contribution in [1.82, 2.24) is 10.2 Å². The SMILES string of the molecule is CCCNC(=O)[C@H](C)N(CCc1ccccc1)C(=O)CN(c1ccccc1F)S(C)(=O)=O. The van der Waals surface area contributed by atoms with Gasteiger partial charge in [-0.2, -0.15) is 0 Å². The van der Waals surface area contributed by atoms with Crippen LogP contribution in [0.1, 0.15) is 25.8 Å². The van der Waals surface area contributed by atoms with Crippen LogP contribution in [0.15, 0.2) is 54.6 Å². The van der Waals surface area contributed by atoms with Crippen LogP contribution in [-0.2, 0) is 26.0 Å². The van der Waals surface area contributed by atoms with Crippen molar-refractivity contribution in [3.05, 3.63) is 66.0 Å². The number of anilines is 1. The Hall–Kier alpha value is -2.94. The molecule has 32 heavy (non-hydrogen) atoms. The Bertz CT molecular complexity index is 1010. The van der Waals surface area contributed by atoms with Crippen LogP contribution >= 0.6 is 0 Å². The highest BCUT2D eigenvalue weighted by molar-refractivity contribution is 7.92. The van der Waals surface area contributed by atoms with Gasteiger partial charge in [-0.1, -0.05) is 49.4 Å². The maximum absolute atomic E-state index is 14.3. The maximum Gasteiger partial charge on any atom is 0.244 e. The van der Waals surface area contributed by atoms with E-state index in [1.54, 1.807) is 6.92 Å². The quantitative estimate of drug-likeness (QED) is 0.555. The third kappa shape index (κ3) is 7.05. The van der Waals surface area contributed by atoms with Crippen LogP contribution in [0.4, 0.5) is 10.1 Å². The van der Waals surface area contributed by atoms with E-state index >= 15 is 0 Å². The van der Waals surface area contributed by atoms with E-state index in [4.69, 9.17) is 0 Å². The summed E-state index contributed by atoms with van der Waals surface area (Å²) in [4.78, 5) is 27.2. The number of halogens is 1. The van der Waals surface area contributed by atoms with E-state index in [1.165, 1.54) is 23.1 Å². The van der Waals surface area contributed by atoms with Crippen LogP contribution in [0.25, 0.3) is 0 Å². The number of sulfonamides is 1. The number of hydrogen-bond acceptors (Lipinski definition) is 4. The van der Waals surface area contributed by atoms with Crippen molar-refractivity contribution >= 4 is 27.5 Å². The molecule has 0 aliphatic rings.